The zero-order chi connectivity index (χ0) is 18.6. The molecule has 1 saturated heterocycles. The van der Waals surface area contributed by atoms with Gasteiger partial charge in [0.25, 0.3) is 5.91 Å². The largest absolute Gasteiger partial charge is 0.357 e. The van der Waals surface area contributed by atoms with Crippen LogP contribution in [0.15, 0.2) is 29.3 Å². The second-order valence-corrected chi connectivity index (χ2v) is 6.62. The summed E-state index contributed by atoms with van der Waals surface area (Å²) in [6.07, 6.45) is 4.64. The van der Waals surface area contributed by atoms with E-state index in [0.29, 0.717) is 5.56 Å². The first-order chi connectivity index (χ1) is 12.7. The number of rotatable bonds is 9. The van der Waals surface area contributed by atoms with Crippen LogP contribution < -0.4 is 16.0 Å². The summed E-state index contributed by atoms with van der Waals surface area (Å²) in [6.45, 7) is 8.20. The Morgan fingerprint density at radius 1 is 1.23 bits per heavy atom. The minimum Gasteiger partial charge on any atom is -0.357 e. The van der Waals surface area contributed by atoms with Gasteiger partial charge in [-0.2, -0.15) is 0 Å². The van der Waals surface area contributed by atoms with E-state index >= 15 is 0 Å². The summed E-state index contributed by atoms with van der Waals surface area (Å²) in [5.41, 5.74) is 1.84. The molecule has 1 aromatic carbocycles. The van der Waals surface area contributed by atoms with Gasteiger partial charge in [-0.3, -0.25) is 9.79 Å². The molecule has 0 atom stereocenters. The minimum atomic E-state index is -0.0484. The van der Waals surface area contributed by atoms with Crippen molar-refractivity contribution in [3.05, 3.63) is 35.4 Å². The van der Waals surface area contributed by atoms with Crippen molar-refractivity contribution in [2.75, 3.05) is 46.3 Å². The highest BCUT2D eigenvalue weighted by atomic mass is 16.1. The maximum Gasteiger partial charge on any atom is 0.251 e. The van der Waals surface area contributed by atoms with Crippen LogP contribution in [0.5, 0.6) is 0 Å². The van der Waals surface area contributed by atoms with Crippen LogP contribution in [0.2, 0.25) is 0 Å². The van der Waals surface area contributed by atoms with Gasteiger partial charge in [0, 0.05) is 32.2 Å². The number of nitrogens with zero attached hydrogens (tertiary/aromatic N) is 2. The van der Waals surface area contributed by atoms with Crippen molar-refractivity contribution in [3.63, 3.8) is 0 Å². The van der Waals surface area contributed by atoms with Gasteiger partial charge in [0.05, 0.1) is 0 Å². The monoisotopic (exact) mass is 359 g/mol. The number of hydrogen-bond donors (Lipinski definition) is 3. The van der Waals surface area contributed by atoms with Gasteiger partial charge >= 0.3 is 0 Å². The van der Waals surface area contributed by atoms with E-state index in [0.717, 1.165) is 50.5 Å². The Hall–Kier alpha value is -2.08. The molecule has 0 radical (unpaired) electrons. The Morgan fingerprint density at radius 2 is 2.04 bits per heavy atom. The summed E-state index contributed by atoms with van der Waals surface area (Å²) in [4.78, 5) is 18.9. The molecule has 2 rings (SSSR count). The Labute approximate surface area is 157 Å². The summed E-state index contributed by atoms with van der Waals surface area (Å²) < 4.78 is 0. The lowest BCUT2D eigenvalue weighted by atomic mass is 10.1. The lowest BCUT2D eigenvalue weighted by Crippen LogP contribution is -2.38. The highest BCUT2D eigenvalue weighted by Crippen LogP contribution is 2.07. The first kappa shape index (κ1) is 20.2. The molecule has 0 bridgehead atoms. The van der Waals surface area contributed by atoms with Crippen LogP contribution in [0, 0.1) is 0 Å². The molecule has 1 heterocycles. The van der Waals surface area contributed by atoms with E-state index in [4.69, 9.17) is 0 Å². The van der Waals surface area contributed by atoms with Crippen molar-refractivity contribution in [1.29, 1.82) is 0 Å². The van der Waals surface area contributed by atoms with Gasteiger partial charge < -0.3 is 20.9 Å². The fourth-order valence-electron chi connectivity index (χ4n) is 3.17. The van der Waals surface area contributed by atoms with E-state index in [-0.39, 0.29) is 5.91 Å². The van der Waals surface area contributed by atoms with Gasteiger partial charge in [-0.1, -0.05) is 12.1 Å². The van der Waals surface area contributed by atoms with Crippen LogP contribution in [0.25, 0.3) is 0 Å². The van der Waals surface area contributed by atoms with Crippen LogP contribution in [0.3, 0.4) is 0 Å². The van der Waals surface area contributed by atoms with E-state index in [2.05, 4.69) is 32.8 Å². The molecule has 0 unspecified atom stereocenters. The van der Waals surface area contributed by atoms with Gasteiger partial charge in [-0.05, 0) is 69.9 Å². The zero-order valence-corrected chi connectivity index (χ0v) is 16.2. The number of carbonyl (C=O) groups excluding carboxylic acids is 1. The lowest BCUT2D eigenvalue weighted by molar-refractivity contribution is 0.0963. The minimum absolute atomic E-state index is 0.0484. The Morgan fingerprint density at radius 3 is 2.77 bits per heavy atom. The maximum absolute atomic E-state index is 11.7. The third-order valence-electron chi connectivity index (χ3n) is 4.57. The van der Waals surface area contributed by atoms with E-state index in [1.807, 2.05) is 24.3 Å². The first-order valence-corrected chi connectivity index (χ1v) is 9.78. The standard InChI is InChI=1S/C20H33N5O/c1-3-22-20(23-11-7-15-25-13-4-5-14-25)24-12-10-17-8-6-9-18(16-17)19(26)21-2/h6,8-9,16H,3-5,7,10-15H2,1-2H3,(H,21,26)(H2,22,23,24). The zero-order valence-electron chi connectivity index (χ0n) is 16.2. The lowest BCUT2D eigenvalue weighted by Gasteiger charge is -2.14. The van der Waals surface area contributed by atoms with Gasteiger partial charge in [0.1, 0.15) is 0 Å². The average molecular weight is 360 g/mol. The molecule has 1 aliphatic heterocycles. The molecule has 0 spiro atoms. The summed E-state index contributed by atoms with van der Waals surface area (Å²) >= 11 is 0. The fourth-order valence-corrected chi connectivity index (χ4v) is 3.17. The topological polar surface area (TPSA) is 68.8 Å². The third-order valence-corrected chi connectivity index (χ3v) is 4.57. The molecular weight excluding hydrogens is 326 g/mol. The maximum atomic E-state index is 11.7. The van der Waals surface area contributed by atoms with Crippen LogP contribution in [0.1, 0.15) is 42.1 Å². The van der Waals surface area contributed by atoms with E-state index in [1.165, 1.54) is 25.9 Å². The number of hydrogen-bond acceptors (Lipinski definition) is 3. The van der Waals surface area contributed by atoms with Crippen molar-refractivity contribution in [3.8, 4) is 0 Å². The van der Waals surface area contributed by atoms with Crippen molar-refractivity contribution in [2.24, 2.45) is 4.99 Å². The van der Waals surface area contributed by atoms with Crippen molar-refractivity contribution in [2.45, 2.75) is 32.6 Å². The number of aliphatic imine (C=N–C) groups is 1. The molecule has 26 heavy (non-hydrogen) atoms. The third kappa shape index (κ3) is 7.04. The number of benzene rings is 1. The predicted octanol–water partition coefficient (Wildman–Crippen LogP) is 1.63. The summed E-state index contributed by atoms with van der Waals surface area (Å²) in [6, 6.07) is 7.76. The molecule has 1 aliphatic rings. The SMILES string of the molecule is CCNC(=NCCCN1CCCC1)NCCc1cccc(C(=O)NC)c1. The molecular formula is C20H33N5O. The fraction of sp³-hybridized carbons (Fsp3) is 0.600. The van der Waals surface area contributed by atoms with E-state index < -0.39 is 0 Å². The molecule has 6 nitrogen and oxygen atoms in total. The number of amides is 1. The molecule has 1 fully saturated rings. The molecule has 0 aliphatic carbocycles. The highest BCUT2D eigenvalue weighted by Gasteiger charge is 2.10. The molecule has 6 heteroatoms. The predicted molar refractivity (Wildman–Crippen MR) is 108 cm³/mol. The van der Waals surface area contributed by atoms with Crippen molar-refractivity contribution < 1.29 is 4.79 Å². The van der Waals surface area contributed by atoms with Crippen LogP contribution in [0.4, 0.5) is 0 Å². The van der Waals surface area contributed by atoms with Gasteiger partial charge in [0.2, 0.25) is 0 Å². The molecule has 0 aromatic heterocycles. The Kier molecular flexibility index (Phi) is 8.96. The Bertz CT molecular complexity index is 581. The molecule has 144 valence electrons. The van der Waals surface area contributed by atoms with Crippen LogP contribution in [-0.2, 0) is 6.42 Å². The van der Waals surface area contributed by atoms with Gasteiger partial charge in [-0.25, -0.2) is 0 Å². The second-order valence-electron chi connectivity index (χ2n) is 6.62. The van der Waals surface area contributed by atoms with Gasteiger partial charge in [0.15, 0.2) is 5.96 Å². The van der Waals surface area contributed by atoms with Crippen LogP contribution in [-0.4, -0.2) is 63.1 Å². The highest BCUT2D eigenvalue weighted by molar-refractivity contribution is 5.94. The molecule has 1 amide bonds. The van der Waals surface area contributed by atoms with Crippen molar-refractivity contribution >= 4 is 11.9 Å². The quantitative estimate of drug-likeness (QED) is 0.356. The number of nitrogens with one attached hydrogen (secondary N) is 3. The summed E-state index contributed by atoms with van der Waals surface area (Å²) in [5, 5.41) is 9.34. The van der Waals surface area contributed by atoms with Gasteiger partial charge in [-0.15, -0.1) is 0 Å². The van der Waals surface area contributed by atoms with E-state index in [1.54, 1.807) is 7.05 Å². The molecule has 0 saturated carbocycles. The molecule has 1 aromatic rings. The first-order valence-electron chi connectivity index (χ1n) is 9.78. The number of likely N-dealkylation sites (tertiary alicyclic amines) is 1. The number of guanidine groups is 1. The van der Waals surface area contributed by atoms with Crippen LogP contribution >= 0.6 is 0 Å². The summed E-state index contributed by atoms with van der Waals surface area (Å²) in [7, 11) is 1.65. The average Bonchev–Trinajstić information content (AvgIpc) is 3.18. The second kappa shape index (κ2) is 11.5. The molecule has 3 N–H and O–H groups in total. The number of carbonyl (C=O) groups is 1. The van der Waals surface area contributed by atoms with E-state index in [9.17, 15) is 4.79 Å². The Balaban J connectivity index is 1.74. The normalized spacial score (nSPS) is 15.1. The smallest absolute Gasteiger partial charge is 0.251 e. The summed E-state index contributed by atoms with van der Waals surface area (Å²) in [5.74, 6) is 0.823. The van der Waals surface area contributed by atoms with Crippen molar-refractivity contribution in [1.82, 2.24) is 20.9 Å².